The molecular formula is C9H21N5. The molecule has 0 aromatic heterocycles. The fourth-order valence-corrected chi connectivity index (χ4v) is 1.82. The second kappa shape index (κ2) is 5.82. The molecule has 5 nitrogen and oxygen atoms in total. The van der Waals surface area contributed by atoms with E-state index >= 15 is 0 Å². The minimum atomic E-state index is 0.471. The molecule has 0 radical (unpaired) electrons. The summed E-state index contributed by atoms with van der Waals surface area (Å²) in [7, 11) is 1.72. The van der Waals surface area contributed by atoms with Crippen LogP contribution in [-0.4, -0.2) is 43.6 Å². The topological polar surface area (TPSA) is 65.7 Å². The van der Waals surface area contributed by atoms with Gasteiger partial charge in [-0.15, -0.1) is 0 Å². The highest BCUT2D eigenvalue weighted by molar-refractivity contribution is 5.79. The van der Waals surface area contributed by atoms with Gasteiger partial charge in [-0.05, 0) is 25.9 Å². The zero-order valence-electron chi connectivity index (χ0n) is 9.08. The molecule has 1 aliphatic heterocycles. The molecule has 1 unspecified atom stereocenters. The van der Waals surface area contributed by atoms with Crippen molar-refractivity contribution in [3.8, 4) is 0 Å². The Morgan fingerprint density at radius 3 is 3.00 bits per heavy atom. The van der Waals surface area contributed by atoms with E-state index in [9.17, 15) is 0 Å². The Kier molecular flexibility index (Phi) is 4.69. The Labute approximate surface area is 85.7 Å². The van der Waals surface area contributed by atoms with Crippen molar-refractivity contribution in [1.29, 1.82) is 0 Å². The number of hydrazine groups is 1. The van der Waals surface area contributed by atoms with Gasteiger partial charge in [0.25, 0.3) is 0 Å². The highest BCUT2D eigenvalue weighted by Crippen LogP contribution is 2.08. The summed E-state index contributed by atoms with van der Waals surface area (Å²) >= 11 is 0. The normalized spacial score (nSPS) is 24.8. The predicted molar refractivity (Wildman–Crippen MR) is 59.0 cm³/mol. The van der Waals surface area contributed by atoms with E-state index in [2.05, 4.69) is 27.6 Å². The maximum Gasteiger partial charge on any atom is 0.205 e. The van der Waals surface area contributed by atoms with E-state index in [1.165, 1.54) is 19.4 Å². The third-order valence-corrected chi connectivity index (χ3v) is 2.65. The summed E-state index contributed by atoms with van der Waals surface area (Å²) in [5.74, 6) is 5.98. The zero-order chi connectivity index (χ0) is 10.4. The molecule has 4 N–H and O–H groups in total. The standard InChI is InChI=1S/C9H21N5/c1-3-14-6-4-5-8(7-14)12-9(11-2)13-10/h8H,3-7,10H2,1-2H3,(H2,11,12,13). The Morgan fingerprint density at radius 2 is 2.43 bits per heavy atom. The van der Waals surface area contributed by atoms with E-state index in [0.717, 1.165) is 13.1 Å². The summed E-state index contributed by atoms with van der Waals surface area (Å²) in [5, 5.41) is 3.29. The van der Waals surface area contributed by atoms with Crippen LogP contribution in [0.4, 0.5) is 0 Å². The largest absolute Gasteiger partial charge is 0.351 e. The van der Waals surface area contributed by atoms with E-state index in [0.29, 0.717) is 12.0 Å². The van der Waals surface area contributed by atoms with Crippen molar-refractivity contribution in [2.75, 3.05) is 26.7 Å². The van der Waals surface area contributed by atoms with Crippen molar-refractivity contribution < 1.29 is 0 Å². The van der Waals surface area contributed by atoms with E-state index < -0.39 is 0 Å². The molecule has 0 saturated carbocycles. The van der Waals surface area contributed by atoms with Crippen LogP contribution in [0.3, 0.4) is 0 Å². The van der Waals surface area contributed by atoms with E-state index in [1.54, 1.807) is 7.05 Å². The lowest BCUT2D eigenvalue weighted by molar-refractivity contribution is 0.209. The van der Waals surface area contributed by atoms with Gasteiger partial charge in [-0.3, -0.25) is 10.4 Å². The second-order valence-electron chi connectivity index (χ2n) is 3.59. The van der Waals surface area contributed by atoms with Crippen LogP contribution in [0.25, 0.3) is 0 Å². The van der Waals surface area contributed by atoms with Gasteiger partial charge < -0.3 is 10.2 Å². The van der Waals surface area contributed by atoms with Crippen molar-refractivity contribution in [2.45, 2.75) is 25.8 Å². The van der Waals surface area contributed by atoms with Crippen molar-refractivity contribution in [3.05, 3.63) is 0 Å². The van der Waals surface area contributed by atoms with Crippen LogP contribution < -0.4 is 16.6 Å². The number of piperidine rings is 1. The maximum atomic E-state index is 5.31. The molecule has 1 saturated heterocycles. The lowest BCUT2D eigenvalue weighted by Crippen LogP contribution is -2.52. The van der Waals surface area contributed by atoms with Crippen molar-refractivity contribution in [3.63, 3.8) is 0 Å². The number of nitrogens with one attached hydrogen (secondary N) is 2. The summed E-state index contributed by atoms with van der Waals surface area (Å²) < 4.78 is 0. The Balaban J connectivity index is 2.37. The van der Waals surface area contributed by atoms with Crippen molar-refractivity contribution in [2.24, 2.45) is 10.8 Å². The molecular weight excluding hydrogens is 178 g/mol. The van der Waals surface area contributed by atoms with Crippen molar-refractivity contribution in [1.82, 2.24) is 15.6 Å². The van der Waals surface area contributed by atoms with Gasteiger partial charge in [0.15, 0.2) is 0 Å². The number of likely N-dealkylation sites (N-methyl/N-ethyl adjacent to an activating group) is 1. The number of nitrogens with zero attached hydrogens (tertiary/aromatic N) is 2. The number of hydrogen-bond donors (Lipinski definition) is 3. The van der Waals surface area contributed by atoms with Gasteiger partial charge >= 0.3 is 0 Å². The van der Waals surface area contributed by atoms with Crippen LogP contribution in [-0.2, 0) is 0 Å². The number of hydrogen-bond acceptors (Lipinski definition) is 3. The molecule has 0 aromatic carbocycles. The van der Waals surface area contributed by atoms with E-state index in [-0.39, 0.29) is 0 Å². The van der Waals surface area contributed by atoms with E-state index in [4.69, 9.17) is 5.84 Å². The third kappa shape index (κ3) is 3.16. The highest BCUT2D eigenvalue weighted by Gasteiger charge is 2.18. The van der Waals surface area contributed by atoms with E-state index in [1.807, 2.05) is 0 Å². The molecule has 14 heavy (non-hydrogen) atoms. The molecule has 0 amide bonds. The van der Waals surface area contributed by atoms with Crippen LogP contribution >= 0.6 is 0 Å². The predicted octanol–water partition coefficient (Wildman–Crippen LogP) is -0.491. The smallest absolute Gasteiger partial charge is 0.205 e. The quantitative estimate of drug-likeness (QED) is 0.243. The average molecular weight is 199 g/mol. The molecule has 5 heteroatoms. The first-order chi connectivity index (χ1) is 6.80. The summed E-state index contributed by atoms with van der Waals surface area (Å²) in [6.07, 6.45) is 2.43. The van der Waals surface area contributed by atoms with Gasteiger partial charge in [0.05, 0.1) is 0 Å². The van der Waals surface area contributed by atoms with Crippen LogP contribution in [0.2, 0.25) is 0 Å². The number of likely N-dealkylation sites (tertiary alicyclic amines) is 1. The Hall–Kier alpha value is -0.810. The molecule has 0 aromatic rings. The molecule has 1 rings (SSSR count). The minimum Gasteiger partial charge on any atom is -0.351 e. The van der Waals surface area contributed by atoms with Gasteiger partial charge in [0, 0.05) is 19.6 Å². The first-order valence-corrected chi connectivity index (χ1v) is 5.22. The number of nitrogens with two attached hydrogens (primary N) is 1. The fraction of sp³-hybridized carbons (Fsp3) is 0.889. The van der Waals surface area contributed by atoms with Crippen molar-refractivity contribution >= 4 is 5.96 Å². The lowest BCUT2D eigenvalue weighted by Gasteiger charge is -2.32. The number of rotatable bonds is 2. The molecule has 1 heterocycles. The Morgan fingerprint density at radius 1 is 1.64 bits per heavy atom. The molecule has 0 aliphatic carbocycles. The number of aliphatic imine (C=N–C) groups is 1. The average Bonchev–Trinajstić information content (AvgIpc) is 2.26. The maximum absolute atomic E-state index is 5.31. The zero-order valence-corrected chi connectivity index (χ0v) is 9.08. The summed E-state index contributed by atoms with van der Waals surface area (Å²) in [6.45, 7) is 5.60. The molecule has 0 bridgehead atoms. The van der Waals surface area contributed by atoms with Crippen LogP contribution in [0.5, 0.6) is 0 Å². The monoisotopic (exact) mass is 199 g/mol. The van der Waals surface area contributed by atoms with Crippen LogP contribution in [0, 0.1) is 0 Å². The number of guanidine groups is 1. The molecule has 1 atom stereocenters. The summed E-state index contributed by atoms with van der Waals surface area (Å²) in [6, 6.07) is 0.471. The minimum absolute atomic E-state index is 0.471. The Bertz CT molecular complexity index is 192. The molecule has 82 valence electrons. The van der Waals surface area contributed by atoms with Gasteiger partial charge in [0.2, 0.25) is 5.96 Å². The molecule has 1 aliphatic rings. The van der Waals surface area contributed by atoms with Gasteiger partial charge in [-0.1, -0.05) is 6.92 Å². The fourth-order valence-electron chi connectivity index (χ4n) is 1.82. The first kappa shape index (κ1) is 11.3. The summed E-state index contributed by atoms with van der Waals surface area (Å²) in [5.41, 5.74) is 2.55. The molecule has 1 fully saturated rings. The van der Waals surface area contributed by atoms with Crippen LogP contribution in [0.1, 0.15) is 19.8 Å². The summed E-state index contributed by atoms with van der Waals surface area (Å²) in [4.78, 5) is 6.44. The second-order valence-corrected chi connectivity index (χ2v) is 3.59. The highest BCUT2D eigenvalue weighted by atomic mass is 15.3. The molecule has 0 spiro atoms. The van der Waals surface area contributed by atoms with Gasteiger partial charge in [-0.2, -0.15) is 0 Å². The first-order valence-electron chi connectivity index (χ1n) is 5.22. The lowest BCUT2D eigenvalue weighted by atomic mass is 10.1. The van der Waals surface area contributed by atoms with Gasteiger partial charge in [-0.25, -0.2) is 5.84 Å². The third-order valence-electron chi connectivity index (χ3n) is 2.65. The SMILES string of the molecule is CCN1CCCC(NC(=NC)NN)C1. The van der Waals surface area contributed by atoms with Gasteiger partial charge in [0.1, 0.15) is 0 Å². The van der Waals surface area contributed by atoms with Crippen LogP contribution in [0.15, 0.2) is 4.99 Å².